The van der Waals surface area contributed by atoms with Crippen LogP contribution in [0.3, 0.4) is 0 Å². The minimum atomic E-state index is -1.66. The summed E-state index contributed by atoms with van der Waals surface area (Å²) in [6, 6.07) is 6.87. The van der Waals surface area contributed by atoms with Crippen LogP contribution in [0.1, 0.15) is 10.5 Å². The molecule has 1 N–H and O–H groups in total. The summed E-state index contributed by atoms with van der Waals surface area (Å²) in [5.74, 6) is -4.29. The summed E-state index contributed by atoms with van der Waals surface area (Å²) < 4.78 is 50.6. The Morgan fingerprint density at radius 2 is 1.85 bits per heavy atom. The number of methoxy groups -OCH3 is 2. The predicted octanol–water partition coefficient (Wildman–Crippen LogP) is 4.50. The number of benzene rings is 2. The normalized spacial score (nSPS) is 10.6. The number of anilines is 1. The fourth-order valence-electron chi connectivity index (χ4n) is 2.37. The van der Waals surface area contributed by atoms with E-state index in [1.54, 1.807) is 18.2 Å². The van der Waals surface area contributed by atoms with Crippen LogP contribution in [-0.2, 0) is 0 Å². The van der Waals surface area contributed by atoms with Gasteiger partial charge in [0.05, 0.1) is 25.5 Å². The van der Waals surface area contributed by atoms with Gasteiger partial charge in [-0.1, -0.05) is 6.07 Å². The maximum absolute atomic E-state index is 13.7. The van der Waals surface area contributed by atoms with Gasteiger partial charge in [0.1, 0.15) is 10.7 Å². The van der Waals surface area contributed by atoms with Crippen LogP contribution in [0.15, 0.2) is 35.7 Å². The number of ether oxygens (including phenoxy) is 2. The molecule has 3 aromatic rings. The van der Waals surface area contributed by atoms with E-state index in [0.29, 0.717) is 22.1 Å². The first-order valence-electron chi connectivity index (χ1n) is 7.58. The van der Waals surface area contributed by atoms with Crippen molar-refractivity contribution >= 4 is 22.9 Å². The lowest BCUT2D eigenvalue weighted by atomic mass is 10.2. The molecule has 1 amide bonds. The molecular weight excluding hydrogens is 381 g/mol. The number of nitrogens with zero attached hydrogens (tertiary/aromatic N) is 1. The van der Waals surface area contributed by atoms with Crippen LogP contribution in [0.5, 0.6) is 11.5 Å². The van der Waals surface area contributed by atoms with Gasteiger partial charge in [0.2, 0.25) is 0 Å². The zero-order valence-electron chi connectivity index (χ0n) is 14.2. The van der Waals surface area contributed by atoms with Crippen LogP contribution in [-0.4, -0.2) is 25.1 Å². The van der Waals surface area contributed by atoms with Crippen molar-refractivity contribution in [3.63, 3.8) is 0 Å². The third kappa shape index (κ3) is 3.59. The molecule has 0 fully saturated rings. The minimum Gasteiger partial charge on any atom is -0.493 e. The van der Waals surface area contributed by atoms with Crippen molar-refractivity contribution in [2.24, 2.45) is 0 Å². The molecule has 0 radical (unpaired) electrons. The Balaban J connectivity index is 1.88. The zero-order chi connectivity index (χ0) is 19.6. The van der Waals surface area contributed by atoms with Gasteiger partial charge in [-0.25, -0.2) is 18.2 Å². The average molecular weight is 394 g/mol. The van der Waals surface area contributed by atoms with E-state index in [0.717, 1.165) is 23.5 Å². The molecule has 0 bridgehead atoms. The Labute approximate surface area is 156 Å². The Morgan fingerprint density at radius 1 is 1.07 bits per heavy atom. The van der Waals surface area contributed by atoms with Crippen molar-refractivity contribution in [3.8, 4) is 22.1 Å². The molecule has 0 saturated carbocycles. The molecule has 5 nitrogen and oxygen atoms in total. The molecule has 0 atom stereocenters. The van der Waals surface area contributed by atoms with Crippen molar-refractivity contribution in [2.45, 2.75) is 0 Å². The summed E-state index contributed by atoms with van der Waals surface area (Å²) >= 11 is 1.16. The predicted molar refractivity (Wildman–Crippen MR) is 94.9 cm³/mol. The van der Waals surface area contributed by atoms with E-state index >= 15 is 0 Å². The quantitative estimate of drug-likeness (QED) is 0.648. The van der Waals surface area contributed by atoms with E-state index < -0.39 is 29.0 Å². The lowest BCUT2D eigenvalue weighted by molar-refractivity contribution is 0.102. The van der Waals surface area contributed by atoms with E-state index in [1.807, 2.05) is 0 Å². The van der Waals surface area contributed by atoms with Crippen LogP contribution < -0.4 is 14.8 Å². The van der Waals surface area contributed by atoms with Crippen molar-refractivity contribution in [2.75, 3.05) is 19.5 Å². The number of thiazole rings is 1. The molecule has 0 spiro atoms. The standard InChI is InChI=1S/C18H13F3N2O3S/c1-25-13-5-3-4-9(16(13)26-2)18-23-12(8-27-18)17(24)22-11-7-6-10(19)14(20)15(11)21/h3-8H,1-2H3,(H,22,24). The maximum atomic E-state index is 13.7. The molecule has 27 heavy (non-hydrogen) atoms. The number of carbonyl (C=O) groups excluding carboxylic acids is 1. The number of halogens is 3. The van der Waals surface area contributed by atoms with E-state index in [9.17, 15) is 18.0 Å². The summed E-state index contributed by atoms with van der Waals surface area (Å²) in [6.07, 6.45) is 0. The van der Waals surface area contributed by atoms with E-state index in [-0.39, 0.29) is 5.69 Å². The lowest BCUT2D eigenvalue weighted by Crippen LogP contribution is -2.14. The van der Waals surface area contributed by atoms with Gasteiger partial charge in [-0.3, -0.25) is 4.79 Å². The van der Waals surface area contributed by atoms with Gasteiger partial charge >= 0.3 is 0 Å². The van der Waals surface area contributed by atoms with Crippen molar-refractivity contribution < 1.29 is 27.4 Å². The maximum Gasteiger partial charge on any atom is 0.275 e. The number of carbonyl (C=O) groups is 1. The monoisotopic (exact) mass is 394 g/mol. The average Bonchev–Trinajstić information content (AvgIpc) is 3.17. The Hall–Kier alpha value is -3.07. The highest BCUT2D eigenvalue weighted by atomic mass is 32.1. The number of aromatic nitrogens is 1. The zero-order valence-corrected chi connectivity index (χ0v) is 15.0. The highest BCUT2D eigenvalue weighted by Gasteiger charge is 2.19. The number of hydrogen-bond donors (Lipinski definition) is 1. The topological polar surface area (TPSA) is 60.5 Å². The van der Waals surface area contributed by atoms with E-state index in [4.69, 9.17) is 9.47 Å². The highest BCUT2D eigenvalue weighted by Crippen LogP contribution is 2.39. The number of rotatable bonds is 5. The Morgan fingerprint density at radius 3 is 2.56 bits per heavy atom. The van der Waals surface area contributed by atoms with E-state index in [2.05, 4.69) is 10.3 Å². The molecule has 1 aromatic heterocycles. The summed E-state index contributed by atoms with van der Waals surface area (Å²) in [7, 11) is 2.98. The largest absolute Gasteiger partial charge is 0.493 e. The number of amides is 1. The molecule has 9 heteroatoms. The summed E-state index contributed by atoms with van der Waals surface area (Å²) in [6.45, 7) is 0. The second kappa shape index (κ2) is 7.67. The molecule has 140 valence electrons. The Bertz CT molecular complexity index is 1010. The first-order valence-corrected chi connectivity index (χ1v) is 8.46. The van der Waals surface area contributed by atoms with Crippen LogP contribution in [0, 0.1) is 17.5 Å². The minimum absolute atomic E-state index is 0.0102. The first kappa shape index (κ1) is 18.7. The van der Waals surface area contributed by atoms with Crippen molar-refractivity contribution in [1.29, 1.82) is 0 Å². The van der Waals surface area contributed by atoms with Gasteiger partial charge in [-0.05, 0) is 24.3 Å². The van der Waals surface area contributed by atoms with Crippen LogP contribution in [0.4, 0.5) is 18.9 Å². The Kier molecular flexibility index (Phi) is 5.31. The molecule has 0 aliphatic rings. The van der Waals surface area contributed by atoms with Crippen molar-refractivity contribution in [1.82, 2.24) is 4.98 Å². The van der Waals surface area contributed by atoms with Crippen LogP contribution in [0.2, 0.25) is 0 Å². The number of hydrogen-bond acceptors (Lipinski definition) is 5. The van der Waals surface area contributed by atoms with Gasteiger partial charge in [0, 0.05) is 5.38 Å². The molecule has 0 unspecified atom stereocenters. The fraction of sp³-hybridized carbons (Fsp3) is 0.111. The molecular formula is C18H13F3N2O3S. The van der Waals surface area contributed by atoms with Crippen LogP contribution >= 0.6 is 11.3 Å². The summed E-state index contributed by atoms with van der Waals surface area (Å²) in [5, 5.41) is 4.11. The van der Waals surface area contributed by atoms with Gasteiger partial charge in [0.15, 0.2) is 29.0 Å². The van der Waals surface area contributed by atoms with Gasteiger partial charge in [-0.15, -0.1) is 11.3 Å². The van der Waals surface area contributed by atoms with E-state index in [1.165, 1.54) is 19.6 Å². The molecule has 3 rings (SSSR count). The molecule has 2 aromatic carbocycles. The van der Waals surface area contributed by atoms with Crippen LogP contribution in [0.25, 0.3) is 10.6 Å². The number of para-hydroxylation sites is 1. The number of nitrogens with one attached hydrogen (secondary N) is 1. The molecule has 0 saturated heterocycles. The second-order valence-electron chi connectivity index (χ2n) is 5.26. The van der Waals surface area contributed by atoms with Gasteiger partial charge in [0.25, 0.3) is 5.91 Å². The third-order valence-electron chi connectivity index (χ3n) is 3.65. The molecule has 0 aliphatic carbocycles. The first-order chi connectivity index (χ1) is 13.0. The fourth-order valence-corrected chi connectivity index (χ4v) is 3.19. The molecule has 0 aliphatic heterocycles. The smallest absolute Gasteiger partial charge is 0.275 e. The van der Waals surface area contributed by atoms with Crippen molar-refractivity contribution in [3.05, 3.63) is 58.9 Å². The second-order valence-corrected chi connectivity index (χ2v) is 6.11. The van der Waals surface area contributed by atoms with Gasteiger partial charge in [-0.2, -0.15) is 0 Å². The highest BCUT2D eigenvalue weighted by molar-refractivity contribution is 7.13. The third-order valence-corrected chi connectivity index (χ3v) is 4.53. The summed E-state index contributed by atoms with van der Waals surface area (Å²) in [5.41, 5.74) is 0.122. The van der Waals surface area contributed by atoms with Gasteiger partial charge < -0.3 is 14.8 Å². The SMILES string of the molecule is COc1cccc(-c2nc(C(=O)Nc3ccc(F)c(F)c3F)cs2)c1OC. The lowest BCUT2D eigenvalue weighted by Gasteiger charge is -2.10. The summed E-state index contributed by atoms with van der Waals surface area (Å²) in [4.78, 5) is 16.5. The molecule has 1 heterocycles.